The van der Waals surface area contributed by atoms with Crippen LogP contribution in [0.2, 0.25) is 0 Å². The van der Waals surface area contributed by atoms with Crippen LogP contribution in [-0.4, -0.2) is 42.3 Å². The predicted molar refractivity (Wildman–Crippen MR) is 42.4 cm³/mol. The molecule has 1 aliphatic rings. The molecule has 0 radical (unpaired) electrons. The Labute approximate surface area is 68.9 Å². The van der Waals surface area contributed by atoms with E-state index in [9.17, 15) is 0 Å². The van der Waals surface area contributed by atoms with E-state index in [-0.39, 0.29) is 12.7 Å². The molecule has 2 N–H and O–H groups in total. The molecular weight excluding hydrogens is 198 g/mol. The Bertz CT molecular complexity index is 102. The first-order chi connectivity index (χ1) is 4.84. The number of ether oxygens (including phenoxy) is 1. The van der Waals surface area contributed by atoms with Crippen LogP contribution in [0.15, 0.2) is 0 Å². The lowest BCUT2D eigenvalue weighted by Gasteiger charge is -2.12. The summed E-state index contributed by atoms with van der Waals surface area (Å²) in [6.07, 6.45) is 0.229. The third-order valence-corrected chi connectivity index (χ3v) is 2.42. The Hall–Kier alpha value is 0.360. The number of hydrogen-bond acceptors (Lipinski definition) is 3. The van der Waals surface area contributed by atoms with Crippen LogP contribution in [0.3, 0.4) is 0 Å². The van der Waals surface area contributed by atoms with Crippen molar-refractivity contribution in [3.8, 4) is 0 Å². The third-order valence-electron chi connectivity index (χ3n) is 1.51. The van der Waals surface area contributed by atoms with Crippen molar-refractivity contribution in [2.24, 2.45) is 0 Å². The van der Waals surface area contributed by atoms with E-state index in [0.29, 0.717) is 11.4 Å². The van der Waals surface area contributed by atoms with Crippen molar-refractivity contribution in [2.75, 3.05) is 26.3 Å². The number of aliphatic hydroxyl groups is 1. The fourth-order valence-electron chi connectivity index (χ4n) is 0.990. The molecule has 1 rings (SSSR count). The van der Waals surface area contributed by atoms with Gasteiger partial charge in [-0.25, -0.2) is 0 Å². The molecule has 0 aromatic heterocycles. The first-order valence-corrected chi connectivity index (χ1v) is 4.33. The van der Waals surface area contributed by atoms with E-state index < -0.39 is 0 Å². The fraction of sp³-hybridized carbons (Fsp3) is 1.00. The zero-order valence-corrected chi connectivity index (χ0v) is 7.30. The molecule has 0 aliphatic carbocycles. The maximum absolute atomic E-state index is 8.45. The highest BCUT2D eigenvalue weighted by Crippen LogP contribution is 2.12. The van der Waals surface area contributed by atoms with Crippen LogP contribution in [0.25, 0.3) is 0 Å². The summed E-state index contributed by atoms with van der Waals surface area (Å²) in [5.41, 5.74) is 0. The van der Waals surface area contributed by atoms with Crippen LogP contribution in [-0.2, 0) is 4.74 Å². The quantitative estimate of drug-likeness (QED) is 0.630. The monoisotopic (exact) mass is 209 g/mol. The average molecular weight is 210 g/mol. The van der Waals surface area contributed by atoms with Gasteiger partial charge in [-0.15, -0.1) is 0 Å². The molecule has 2 unspecified atom stereocenters. The molecule has 10 heavy (non-hydrogen) atoms. The predicted octanol–water partition coefficient (Wildman–Crippen LogP) is -0.269. The van der Waals surface area contributed by atoms with E-state index >= 15 is 0 Å². The van der Waals surface area contributed by atoms with Gasteiger partial charge in [0.05, 0.1) is 24.1 Å². The number of rotatable bonds is 3. The van der Waals surface area contributed by atoms with Crippen LogP contribution in [0.1, 0.15) is 0 Å². The Balaban J connectivity index is 2.14. The second-order valence-corrected chi connectivity index (χ2v) is 3.48. The molecule has 60 valence electrons. The van der Waals surface area contributed by atoms with E-state index in [0.717, 1.165) is 13.1 Å². The minimum absolute atomic E-state index is 0.107. The van der Waals surface area contributed by atoms with Gasteiger partial charge in [-0.05, 0) is 0 Å². The summed E-state index contributed by atoms with van der Waals surface area (Å²) < 4.78 is 5.30. The van der Waals surface area contributed by atoms with Crippen molar-refractivity contribution in [2.45, 2.75) is 10.9 Å². The lowest BCUT2D eigenvalue weighted by atomic mass is 10.3. The van der Waals surface area contributed by atoms with Crippen molar-refractivity contribution < 1.29 is 9.84 Å². The zero-order chi connectivity index (χ0) is 7.40. The van der Waals surface area contributed by atoms with Gasteiger partial charge in [-0.2, -0.15) is 0 Å². The van der Waals surface area contributed by atoms with Crippen LogP contribution in [0.4, 0.5) is 0 Å². The summed E-state index contributed by atoms with van der Waals surface area (Å²) in [7, 11) is 0. The van der Waals surface area contributed by atoms with Gasteiger partial charge in [0, 0.05) is 13.1 Å². The molecule has 1 saturated heterocycles. The van der Waals surface area contributed by atoms with Crippen LogP contribution in [0, 0.1) is 0 Å². The summed E-state index contributed by atoms with van der Waals surface area (Å²) in [5.74, 6) is 0. The molecule has 0 aromatic rings. The molecule has 1 fully saturated rings. The summed E-state index contributed by atoms with van der Waals surface area (Å²) in [6.45, 7) is 2.39. The molecule has 0 aromatic carbocycles. The van der Waals surface area contributed by atoms with Gasteiger partial charge in [0.25, 0.3) is 0 Å². The standard InChI is InChI=1S/C6H12BrNO2/c7-5-3-8-4-6(5)10-2-1-9/h5-6,8-9H,1-4H2. The molecular formula is C6H12BrNO2. The summed E-state index contributed by atoms with van der Waals surface area (Å²) >= 11 is 3.47. The highest BCUT2D eigenvalue weighted by Gasteiger charge is 2.24. The Morgan fingerprint density at radius 2 is 2.40 bits per heavy atom. The van der Waals surface area contributed by atoms with Gasteiger partial charge >= 0.3 is 0 Å². The molecule has 4 heteroatoms. The van der Waals surface area contributed by atoms with E-state index in [4.69, 9.17) is 9.84 Å². The second kappa shape index (κ2) is 4.28. The average Bonchev–Trinajstić information content (AvgIpc) is 2.31. The highest BCUT2D eigenvalue weighted by atomic mass is 79.9. The summed E-state index contributed by atoms with van der Waals surface area (Å²) in [5, 5.41) is 11.6. The Morgan fingerprint density at radius 3 is 2.90 bits per heavy atom. The highest BCUT2D eigenvalue weighted by molar-refractivity contribution is 9.09. The van der Waals surface area contributed by atoms with Crippen molar-refractivity contribution >= 4 is 15.9 Å². The number of alkyl halides is 1. The van der Waals surface area contributed by atoms with Gasteiger partial charge in [0.15, 0.2) is 0 Å². The van der Waals surface area contributed by atoms with Crippen molar-refractivity contribution in [3.63, 3.8) is 0 Å². The smallest absolute Gasteiger partial charge is 0.0837 e. The summed E-state index contributed by atoms with van der Waals surface area (Å²) in [6, 6.07) is 0. The van der Waals surface area contributed by atoms with Gasteiger partial charge in [-0.1, -0.05) is 15.9 Å². The number of aliphatic hydroxyl groups excluding tert-OH is 1. The zero-order valence-electron chi connectivity index (χ0n) is 5.72. The number of halogens is 1. The normalized spacial score (nSPS) is 33.0. The Morgan fingerprint density at radius 1 is 1.60 bits per heavy atom. The molecule has 0 bridgehead atoms. The molecule has 0 saturated carbocycles. The van der Waals surface area contributed by atoms with Gasteiger partial charge < -0.3 is 15.2 Å². The first-order valence-electron chi connectivity index (χ1n) is 3.42. The topological polar surface area (TPSA) is 41.5 Å². The van der Waals surface area contributed by atoms with Crippen LogP contribution in [0.5, 0.6) is 0 Å². The van der Waals surface area contributed by atoms with E-state index in [1.165, 1.54) is 0 Å². The molecule has 0 spiro atoms. The van der Waals surface area contributed by atoms with Gasteiger partial charge in [0.1, 0.15) is 0 Å². The SMILES string of the molecule is OCCOC1CNCC1Br. The van der Waals surface area contributed by atoms with E-state index in [1.54, 1.807) is 0 Å². The van der Waals surface area contributed by atoms with Crippen LogP contribution >= 0.6 is 15.9 Å². The lowest BCUT2D eigenvalue weighted by Crippen LogP contribution is -2.24. The van der Waals surface area contributed by atoms with E-state index in [2.05, 4.69) is 21.2 Å². The number of hydrogen-bond donors (Lipinski definition) is 2. The molecule has 1 heterocycles. The van der Waals surface area contributed by atoms with Crippen molar-refractivity contribution in [1.29, 1.82) is 0 Å². The maximum atomic E-state index is 8.45. The molecule has 1 aliphatic heterocycles. The lowest BCUT2D eigenvalue weighted by molar-refractivity contribution is 0.0435. The second-order valence-electron chi connectivity index (χ2n) is 2.31. The maximum Gasteiger partial charge on any atom is 0.0837 e. The fourth-order valence-corrected chi connectivity index (χ4v) is 1.56. The van der Waals surface area contributed by atoms with Gasteiger partial charge in [0.2, 0.25) is 0 Å². The molecule has 0 amide bonds. The van der Waals surface area contributed by atoms with Crippen LogP contribution < -0.4 is 5.32 Å². The first kappa shape index (κ1) is 8.46. The van der Waals surface area contributed by atoms with E-state index in [1.807, 2.05) is 0 Å². The minimum Gasteiger partial charge on any atom is -0.394 e. The van der Waals surface area contributed by atoms with Crippen molar-refractivity contribution in [3.05, 3.63) is 0 Å². The third kappa shape index (κ3) is 2.20. The molecule has 2 atom stereocenters. The van der Waals surface area contributed by atoms with Gasteiger partial charge in [-0.3, -0.25) is 0 Å². The minimum atomic E-state index is 0.107. The Kier molecular flexibility index (Phi) is 3.62. The van der Waals surface area contributed by atoms with Crippen molar-refractivity contribution in [1.82, 2.24) is 5.32 Å². The summed E-state index contributed by atoms with van der Waals surface area (Å²) in [4.78, 5) is 0.402. The molecule has 3 nitrogen and oxygen atoms in total. The number of nitrogens with one attached hydrogen (secondary N) is 1. The largest absolute Gasteiger partial charge is 0.394 e.